The fourth-order valence-electron chi connectivity index (χ4n) is 4.25. The molecule has 6 heteroatoms. The molecular formula is C26H27N3O3. The molecule has 164 valence electrons. The van der Waals surface area contributed by atoms with E-state index in [2.05, 4.69) is 10.2 Å². The highest BCUT2D eigenvalue weighted by molar-refractivity contribution is 6.25. The first kappa shape index (κ1) is 21.7. The Morgan fingerprint density at radius 3 is 2.12 bits per heavy atom. The Morgan fingerprint density at radius 1 is 0.906 bits per heavy atom. The standard InChI is InChI=1S/C26H27N3O3/c1-28(2)22(18-9-4-3-5-10-18)17-27-23(30)15-8-16-29-25(31)20-13-6-11-19-12-7-14-21(24(19)20)26(29)32/h3-7,9-14,22H,8,15-17H2,1-2H3,(H,27,30)/t22-/m0/s1. The van der Waals surface area contributed by atoms with E-state index < -0.39 is 0 Å². The summed E-state index contributed by atoms with van der Waals surface area (Å²) in [5, 5.41) is 4.59. The molecule has 0 saturated heterocycles. The SMILES string of the molecule is CN(C)[C@@H](CNC(=O)CCCN1C(=O)c2cccc3cccc(c23)C1=O)c1ccccc1. The lowest BCUT2D eigenvalue weighted by molar-refractivity contribution is -0.121. The molecule has 0 fully saturated rings. The van der Waals surface area contributed by atoms with Crippen molar-refractivity contribution in [1.29, 1.82) is 0 Å². The second-order valence-electron chi connectivity index (χ2n) is 8.27. The number of imide groups is 1. The van der Waals surface area contributed by atoms with Crippen LogP contribution < -0.4 is 5.32 Å². The van der Waals surface area contributed by atoms with Crippen LogP contribution in [-0.4, -0.2) is 54.7 Å². The maximum atomic E-state index is 12.9. The monoisotopic (exact) mass is 429 g/mol. The van der Waals surface area contributed by atoms with Crippen molar-refractivity contribution < 1.29 is 14.4 Å². The lowest BCUT2D eigenvalue weighted by Crippen LogP contribution is -2.41. The molecule has 0 bridgehead atoms. The Bertz CT molecular complexity index is 1110. The fourth-order valence-corrected chi connectivity index (χ4v) is 4.25. The van der Waals surface area contributed by atoms with Crippen LogP contribution in [0.3, 0.4) is 0 Å². The number of hydrogen-bond donors (Lipinski definition) is 1. The molecule has 0 aromatic heterocycles. The number of amides is 3. The summed E-state index contributed by atoms with van der Waals surface area (Å²) in [7, 11) is 3.96. The summed E-state index contributed by atoms with van der Waals surface area (Å²) in [6, 6.07) is 21.1. The predicted octanol–water partition coefficient (Wildman–Crippen LogP) is 3.64. The molecule has 0 unspecified atom stereocenters. The van der Waals surface area contributed by atoms with Crippen molar-refractivity contribution in [2.45, 2.75) is 18.9 Å². The Kier molecular flexibility index (Phi) is 6.32. The Balaban J connectivity index is 1.35. The van der Waals surface area contributed by atoms with Gasteiger partial charge in [-0.25, -0.2) is 0 Å². The lowest BCUT2D eigenvalue weighted by Gasteiger charge is -2.27. The van der Waals surface area contributed by atoms with Crippen LogP contribution >= 0.6 is 0 Å². The molecule has 1 aliphatic rings. The molecule has 0 spiro atoms. The molecule has 6 nitrogen and oxygen atoms in total. The zero-order valence-electron chi connectivity index (χ0n) is 18.4. The highest BCUT2D eigenvalue weighted by Crippen LogP contribution is 2.30. The van der Waals surface area contributed by atoms with Gasteiger partial charge in [0.1, 0.15) is 0 Å². The molecule has 32 heavy (non-hydrogen) atoms. The number of nitrogens with zero attached hydrogens (tertiary/aromatic N) is 2. The average Bonchev–Trinajstić information content (AvgIpc) is 2.80. The number of rotatable bonds is 8. The number of hydrogen-bond acceptors (Lipinski definition) is 4. The molecule has 3 aromatic carbocycles. The van der Waals surface area contributed by atoms with Crippen LogP contribution in [0, 0.1) is 0 Å². The van der Waals surface area contributed by atoms with Crippen molar-refractivity contribution in [2.75, 3.05) is 27.2 Å². The van der Waals surface area contributed by atoms with Gasteiger partial charge in [0.05, 0.1) is 6.04 Å². The van der Waals surface area contributed by atoms with Gasteiger partial charge in [-0.2, -0.15) is 0 Å². The van der Waals surface area contributed by atoms with E-state index in [4.69, 9.17) is 0 Å². The smallest absolute Gasteiger partial charge is 0.261 e. The van der Waals surface area contributed by atoms with Crippen LogP contribution in [-0.2, 0) is 4.79 Å². The van der Waals surface area contributed by atoms with E-state index in [-0.39, 0.29) is 36.7 Å². The van der Waals surface area contributed by atoms with Gasteiger partial charge in [0.2, 0.25) is 5.91 Å². The van der Waals surface area contributed by atoms with Gasteiger partial charge >= 0.3 is 0 Å². The van der Waals surface area contributed by atoms with Crippen molar-refractivity contribution in [3.63, 3.8) is 0 Å². The third-order valence-corrected chi connectivity index (χ3v) is 5.94. The summed E-state index contributed by atoms with van der Waals surface area (Å²) in [4.78, 5) is 41.6. The van der Waals surface area contributed by atoms with Crippen LogP contribution in [0.1, 0.15) is 45.2 Å². The second-order valence-corrected chi connectivity index (χ2v) is 8.27. The molecule has 1 aliphatic heterocycles. The van der Waals surface area contributed by atoms with Gasteiger partial charge in [-0.15, -0.1) is 0 Å². The molecule has 0 radical (unpaired) electrons. The summed E-state index contributed by atoms with van der Waals surface area (Å²) in [5.74, 6) is -0.680. The fraction of sp³-hybridized carbons (Fsp3) is 0.269. The van der Waals surface area contributed by atoms with Crippen LogP contribution in [0.5, 0.6) is 0 Å². The number of carbonyl (C=O) groups is 3. The first-order chi connectivity index (χ1) is 15.5. The highest BCUT2D eigenvalue weighted by atomic mass is 16.2. The maximum absolute atomic E-state index is 12.9. The number of nitrogens with one attached hydrogen (secondary N) is 1. The van der Waals surface area contributed by atoms with Crippen molar-refractivity contribution in [3.05, 3.63) is 83.4 Å². The van der Waals surface area contributed by atoms with E-state index in [1.165, 1.54) is 4.90 Å². The van der Waals surface area contributed by atoms with E-state index in [9.17, 15) is 14.4 Å². The molecule has 1 atom stereocenters. The Hall–Kier alpha value is -3.51. The first-order valence-electron chi connectivity index (χ1n) is 10.8. The molecule has 1 heterocycles. The van der Waals surface area contributed by atoms with Crippen molar-refractivity contribution in [3.8, 4) is 0 Å². The lowest BCUT2D eigenvalue weighted by atomic mass is 9.94. The minimum absolute atomic E-state index is 0.0717. The Morgan fingerprint density at radius 2 is 1.53 bits per heavy atom. The van der Waals surface area contributed by atoms with Gasteiger partial charge in [0.25, 0.3) is 11.8 Å². The quantitative estimate of drug-likeness (QED) is 0.555. The Labute approximate surface area is 187 Å². The van der Waals surface area contributed by atoms with Crippen molar-refractivity contribution >= 4 is 28.5 Å². The second kappa shape index (κ2) is 9.32. The topological polar surface area (TPSA) is 69.7 Å². The van der Waals surface area contributed by atoms with E-state index in [1.807, 2.05) is 68.7 Å². The highest BCUT2D eigenvalue weighted by Gasteiger charge is 2.32. The van der Waals surface area contributed by atoms with Gasteiger partial charge in [-0.3, -0.25) is 19.3 Å². The first-order valence-corrected chi connectivity index (χ1v) is 10.8. The van der Waals surface area contributed by atoms with Gasteiger partial charge in [0.15, 0.2) is 0 Å². The van der Waals surface area contributed by atoms with Crippen LogP contribution in [0.25, 0.3) is 10.8 Å². The third-order valence-electron chi connectivity index (χ3n) is 5.94. The van der Waals surface area contributed by atoms with Crippen LogP contribution in [0.15, 0.2) is 66.7 Å². The summed E-state index contributed by atoms with van der Waals surface area (Å²) in [6.07, 6.45) is 0.664. The zero-order chi connectivity index (χ0) is 22.7. The van der Waals surface area contributed by atoms with Gasteiger partial charge in [-0.05, 0) is 43.6 Å². The van der Waals surface area contributed by atoms with E-state index in [0.717, 1.165) is 16.3 Å². The predicted molar refractivity (Wildman–Crippen MR) is 124 cm³/mol. The molecular weight excluding hydrogens is 402 g/mol. The van der Waals surface area contributed by atoms with E-state index in [0.29, 0.717) is 24.1 Å². The molecule has 3 amide bonds. The number of likely N-dealkylation sites (N-methyl/N-ethyl adjacent to an activating group) is 1. The van der Waals surface area contributed by atoms with Crippen LogP contribution in [0.2, 0.25) is 0 Å². The average molecular weight is 430 g/mol. The molecule has 0 aliphatic carbocycles. The largest absolute Gasteiger partial charge is 0.354 e. The van der Waals surface area contributed by atoms with Crippen molar-refractivity contribution in [2.24, 2.45) is 0 Å². The van der Waals surface area contributed by atoms with E-state index >= 15 is 0 Å². The van der Waals surface area contributed by atoms with Gasteiger partial charge < -0.3 is 10.2 Å². The van der Waals surface area contributed by atoms with Gasteiger partial charge in [0, 0.05) is 36.0 Å². The maximum Gasteiger partial charge on any atom is 0.261 e. The molecule has 1 N–H and O–H groups in total. The summed E-state index contributed by atoms with van der Waals surface area (Å²) in [6.45, 7) is 0.707. The molecule has 4 rings (SSSR count). The minimum Gasteiger partial charge on any atom is -0.354 e. The number of benzene rings is 3. The molecule has 0 saturated carbocycles. The zero-order valence-corrected chi connectivity index (χ0v) is 18.4. The third kappa shape index (κ3) is 4.27. The summed E-state index contributed by atoms with van der Waals surface area (Å²) < 4.78 is 0. The number of carbonyl (C=O) groups excluding carboxylic acids is 3. The van der Waals surface area contributed by atoms with Crippen LogP contribution in [0.4, 0.5) is 0 Å². The summed E-state index contributed by atoms with van der Waals surface area (Å²) in [5.41, 5.74) is 2.22. The normalized spacial score (nSPS) is 14.2. The van der Waals surface area contributed by atoms with Gasteiger partial charge in [-0.1, -0.05) is 54.6 Å². The molecule has 3 aromatic rings. The van der Waals surface area contributed by atoms with Crippen molar-refractivity contribution in [1.82, 2.24) is 15.1 Å². The van der Waals surface area contributed by atoms with E-state index in [1.54, 1.807) is 12.1 Å². The summed E-state index contributed by atoms with van der Waals surface area (Å²) >= 11 is 0. The minimum atomic E-state index is -0.295.